The molecule has 9 nitrogen and oxygen atoms in total. The number of carboxylic acids is 2. The number of aromatic nitrogens is 1. The van der Waals surface area contributed by atoms with Crippen LogP contribution in [0, 0.1) is 6.92 Å². The monoisotopic (exact) mass is 388 g/mol. The largest absolute Gasteiger partial charge is 0.473 e. The third kappa shape index (κ3) is 6.29. The summed E-state index contributed by atoms with van der Waals surface area (Å²) in [5.74, 6) is -3.61. The highest BCUT2D eigenvalue weighted by atomic mass is 16.4. The smallest absolute Gasteiger partial charge is 0.414 e. The third-order valence-corrected chi connectivity index (χ3v) is 4.26. The first-order valence-electron chi connectivity index (χ1n) is 8.79. The number of carbonyl (C=O) groups excluding carboxylic acids is 1. The van der Waals surface area contributed by atoms with Crippen molar-refractivity contribution in [1.82, 2.24) is 14.8 Å². The first-order chi connectivity index (χ1) is 13.3. The second-order valence-corrected chi connectivity index (χ2v) is 6.57. The molecule has 0 saturated carbocycles. The first-order valence-corrected chi connectivity index (χ1v) is 8.79. The maximum Gasteiger partial charge on any atom is 0.414 e. The molecule has 0 spiro atoms. The highest BCUT2D eigenvalue weighted by Crippen LogP contribution is 2.22. The fourth-order valence-corrected chi connectivity index (χ4v) is 2.81. The van der Waals surface area contributed by atoms with E-state index in [-0.39, 0.29) is 5.91 Å². The minimum absolute atomic E-state index is 0.0420. The fraction of sp³-hybridized carbons (Fsp3) is 0.368. The summed E-state index contributed by atoms with van der Waals surface area (Å²) in [6, 6.07) is 9.83. The first kappa shape index (κ1) is 21.3. The highest BCUT2D eigenvalue weighted by molar-refractivity contribution is 6.27. The Balaban J connectivity index is 0.000000409. The van der Waals surface area contributed by atoms with Gasteiger partial charge in [0.05, 0.1) is 17.7 Å². The molecule has 0 unspecified atom stereocenters. The normalized spacial score (nSPS) is 14.8. The van der Waals surface area contributed by atoms with E-state index in [1.54, 1.807) is 0 Å². The third-order valence-electron chi connectivity index (χ3n) is 4.26. The summed E-state index contributed by atoms with van der Waals surface area (Å²) in [5.41, 5.74) is 2.67. The Morgan fingerprint density at radius 3 is 2.29 bits per heavy atom. The van der Waals surface area contributed by atoms with Crippen molar-refractivity contribution in [3.8, 4) is 0 Å². The minimum atomic E-state index is -1.82. The molecule has 0 radical (unpaired) electrons. The van der Waals surface area contributed by atoms with E-state index in [2.05, 4.69) is 27.1 Å². The van der Waals surface area contributed by atoms with Crippen LogP contribution in [0.1, 0.15) is 5.69 Å². The SMILES string of the molecule is Cc1cc(NC(=O)CN2CCN(C)CC2)c2ccccc2n1.O=C(O)C(=O)O. The molecule has 0 bridgehead atoms. The summed E-state index contributed by atoms with van der Waals surface area (Å²) in [6.07, 6.45) is 0. The molecule has 1 aliphatic heterocycles. The van der Waals surface area contributed by atoms with Crippen molar-refractivity contribution < 1.29 is 24.6 Å². The van der Waals surface area contributed by atoms with Gasteiger partial charge in [0.15, 0.2) is 0 Å². The quantitative estimate of drug-likeness (QED) is 0.663. The van der Waals surface area contributed by atoms with Crippen molar-refractivity contribution in [2.75, 3.05) is 45.1 Å². The number of pyridine rings is 1. The van der Waals surface area contributed by atoms with Gasteiger partial charge < -0.3 is 20.4 Å². The van der Waals surface area contributed by atoms with Crippen LogP contribution in [-0.2, 0) is 14.4 Å². The minimum Gasteiger partial charge on any atom is -0.473 e. The van der Waals surface area contributed by atoms with Crippen LogP contribution in [0.4, 0.5) is 5.69 Å². The lowest BCUT2D eigenvalue weighted by Gasteiger charge is -2.31. The number of aryl methyl sites for hydroxylation is 1. The van der Waals surface area contributed by atoms with Gasteiger partial charge in [0.1, 0.15) is 0 Å². The number of hydrogen-bond acceptors (Lipinski definition) is 6. The zero-order valence-electron chi connectivity index (χ0n) is 15.9. The lowest BCUT2D eigenvalue weighted by molar-refractivity contribution is -0.159. The number of fused-ring (bicyclic) bond motifs is 1. The van der Waals surface area contributed by atoms with Gasteiger partial charge in [0.25, 0.3) is 0 Å². The molecule has 1 saturated heterocycles. The van der Waals surface area contributed by atoms with Gasteiger partial charge >= 0.3 is 11.9 Å². The average molecular weight is 388 g/mol. The zero-order chi connectivity index (χ0) is 20.7. The van der Waals surface area contributed by atoms with Gasteiger partial charge in [-0.25, -0.2) is 9.59 Å². The lowest BCUT2D eigenvalue weighted by atomic mass is 10.1. The molecular weight excluding hydrogens is 364 g/mol. The number of carbonyl (C=O) groups is 3. The summed E-state index contributed by atoms with van der Waals surface area (Å²) < 4.78 is 0. The number of nitrogens with zero attached hydrogens (tertiary/aromatic N) is 3. The summed E-state index contributed by atoms with van der Waals surface area (Å²) in [7, 11) is 2.11. The van der Waals surface area contributed by atoms with Gasteiger partial charge in [-0.05, 0) is 26.1 Å². The van der Waals surface area contributed by atoms with Crippen LogP contribution in [0.2, 0.25) is 0 Å². The molecule has 0 atom stereocenters. The summed E-state index contributed by atoms with van der Waals surface area (Å²) in [6.45, 7) is 6.32. The predicted octanol–water partition coefficient (Wildman–Crippen LogP) is 0.885. The Kier molecular flexibility index (Phi) is 7.42. The van der Waals surface area contributed by atoms with Crippen LogP contribution < -0.4 is 5.32 Å². The molecule has 3 rings (SSSR count). The van der Waals surface area contributed by atoms with Crippen LogP contribution in [-0.4, -0.2) is 82.6 Å². The average Bonchev–Trinajstić information content (AvgIpc) is 2.64. The number of piperazine rings is 1. The number of carboxylic acid groups (broad SMARTS) is 2. The second-order valence-electron chi connectivity index (χ2n) is 6.57. The molecule has 1 amide bonds. The maximum atomic E-state index is 12.3. The van der Waals surface area contributed by atoms with E-state index in [0.29, 0.717) is 6.54 Å². The molecule has 0 aliphatic carbocycles. The van der Waals surface area contributed by atoms with Crippen molar-refractivity contribution in [3.63, 3.8) is 0 Å². The molecule has 1 aliphatic rings. The van der Waals surface area contributed by atoms with Gasteiger partial charge in [-0.1, -0.05) is 18.2 Å². The summed E-state index contributed by atoms with van der Waals surface area (Å²) in [5, 5.41) is 18.8. The number of amides is 1. The predicted molar refractivity (Wildman–Crippen MR) is 104 cm³/mol. The number of hydrogen-bond donors (Lipinski definition) is 3. The van der Waals surface area contributed by atoms with Crippen LogP contribution in [0.25, 0.3) is 10.9 Å². The van der Waals surface area contributed by atoms with Gasteiger partial charge in [0, 0.05) is 37.3 Å². The summed E-state index contributed by atoms with van der Waals surface area (Å²) >= 11 is 0. The number of anilines is 1. The maximum absolute atomic E-state index is 12.3. The van der Waals surface area contributed by atoms with Gasteiger partial charge in [-0.2, -0.15) is 0 Å². The van der Waals surface area contributed by atoms with Crippen LogP contribution in [0.15, 0.2) is 30.3 Å². The number of para-hydroxylation sites is 1. The van der Waals surface area contributed by atoms with Crippen molar-refractivity contribution in [1.29, 1.82) is 0 Å². The molecule has 1 aromatic carbocycles. The van der Waals surface area contributed by atoms with E-state index in [9.17, 15) is 4.79 Å². The Bertz CT molecular complexity index is 851. The van der Waals surface area contributed by atoms with Crippen molar-refractivity contribution in [2.24, 2.45) is 0 Å². The number of rotatable bonds is 3. The van der Waals surface area contributed by atoms with Crippen molar-refractivity contribution >= 4 is 34.4 Å². The molecule has 9 heteroatoms. The topological polar surface area (TPSA) is 123 Å². The molecular formula is C19H24N4O5. The Morgan fingerprint density at radius 1 is 1.07 bits per heavy atom. The highest BCUT2D eigenvalue weighted by Gasteiger charge is 2.17. The number of aliphatic carboxylic acids is 2. The number of nitrogens with one attached hydrogen (secondary N) is 1. The lowest BCUT2D eigenvalue weighted by Crippen LogP contribution is -2.47. The standard InChI is InChI=1S/C17H22N4O.C2H2O4/c1-13-11-16(14-5-3-4-6-15(14)18-13)19-17(22)12-21-9-7-20(2)8-10-21;3-1(4)2(5)6/h3-6,11H,7-10,12H2,1-2H3,(H,18,19,22);(H,3,4)(H,5,6). The van der Waals surface area contributed by atoms with Gasteiger partial charge in [-0.3, -0.25) is 14.7 Å². The van der Waals surface area contributed by atoms with E-state index in [4.69, 9.17) is 19.8 Å². The van der Waals surface area contributed by atoms with Crippen LogP contribution in [0.5, 0.6) is 0 Å². The van der Waals surface area contributed by atoms with Crippen LogP contribution in [0.3, 0.4) is 0 Å². The van der Waals surface area contributed by atoms with Crippen molar-refractivity contribution in [3.05, 3.63) is 36.0 Å². The fourth-order valence-electron chi connectivity index (χ4n) is 2.81. The Hall–Kier alpha value is -3.04. The number of benzene rings is 1. The molecule has 1 fully saturated rings. The Morgan fingerprint density at radius 2 is 1.68 bits per heavy atom. The van der Waals surface area contributed by atoms with E-state index in [0.717, 1.165) is 48.5 Å². The van der Waals surface area contributed by atoms with Crippen LogP contribution >= 0.6 is 0 Å². The zero-order valence-corrected chi connectivity index (χ0v) is 15.9. The molecule has 3 N–H and O–H groups in total. The van der Waals surface area contributed by atoms with Gasteiger partial charge in [-0.15, -0.1) is 0 Å². The van der Waals surface area contributed by atoms with E-state index in [1.165, 1.54) is 0 Å². The summed E-state index contributed by atoms with van der Waals surface area (Å²) in [4.78, 5) is 39.5. The molecule has 150 valence electrons. The molecule has 2 aromatic rings. The number of likely N-dealkylation sites (N-methyl/N-ethyl adjacent to an activating group) is 1. The Labute approximate surface area is 162 Å². The van der Waals surface area contributed by atoms with E-state index < -0.39 is 11.9 Å². The second kappa shape index (κ2) is 9.77. The van der Waals surface area contributed by atoms with Gasteiger partial charge in [0.2, 0.25) is 5.91 Å². The van der Waals surface area contributed by atoms with E-state index in [1.807, 2.05) is 37.3 Å². The van der Waals surface area contributed by atoms with E-state index >= 15 is 0 Å². The molecule has 28 heavy (non-hydrogen) atoms. The molecule has 2 heterocycles. The van der Waals surface area contributed by atoms with Crippen molar-refractivity contribution in [2.45, 2.75) is 6.92 Å². The molecule has 1 aromatic heterocycles.